The molecule has 1 fully saturated rings. The molecule has 10 heteroatoms. The minimum absolute atomic E-state index is 0.124. The van der Waals surface area contributed by atoms with Crippen molar-refractivity contribution in [2.45, 2.75) is 4.90 Å². The van der Waals surface area contributed by atoms with Crippen molar-refractivity contribution in [3.8, 4) is 0 Å². The number of carbonyl (C=O) groups excluding carboxylic acids is 1. The number of primary sulfonamides is 1. The van der Waals surface area contributed by atoms with Crippen LogP contribution in [-0.2, 0) is 14.8 Å². The summed E-state index contributed by atoms with van der Waals surface area (Å²) >= 11 is 5.98. The Balaban J connectivity index is 1.94. The van der Waals surface area contributed by atoms with E-state index >= 15 is 0 Å². The molecule has 0 aromatic heterocycles. The molecule has 2 rings (SSSR count). The van der Waals surface area contributed by atoms with Crippen LogP contribution in [0.1, 0.15) is 0 Å². The van der Waals surface area contributed by atoms with Crippen LogP contribution in [0, 0.1) is 5.92 Å². The zero-order chi connectivity index (χ0) is 17.7. The second kappa shape index (κ2) is 8.13. The van der Waals surface area contributed by atoms with Gasteiger partial charge in [-0.25, -0.2) is 18.4 Å². The number of hydrogen-bond donors (Lipinski definition) is 3. The number of rotatable bonds is 4. The first kappa shape index (κ1) is 18.9. The lowest BCUT2D eigenvalue weighted by Gasteiger charge is -2.19. The number of nitrogens with two attached hydrogens (primary N) is 1. The van der Waals surface area contributed by atoms with E-state index < -0.39 is 16.1 Å². The lowest BCUT2D eigenvalue weighted by Crippen LogP contribution is -2.37. The Kier molecular flexibility index (Phi) is 6.41. The smallest absolute Gasteiger partial charge is 0.319 e. The number of anilines is 1. The number of halogens is 1. The van der Waals surface area contributed by atoms with Gasteiger partial charge in [-0.1, -0.05) is 11.6 Å². The van der Waals surface area contributed by atoms with E-state index in [1.807, 2.05) is 7.05 Å². The summed E-state index contributed by atoms with van der Waals surface area (Å²) in [5.74, 6) is 0.175. The molecular formula is C14H21ClN4O4S. The molecule has 1 aliphatic rings. The van der Waals surface area contributed by atoms with Crippen molar-refractivity contribution in [2.75, 3.05) is 45.2 Å². The van der Waals surface area contributed by atoms with Crippen molar-refractivity contribution < 1.29 is 17.9 Å². The minimum Gasteiger partial charge on any atom is -0.380 e. The molecule has 24 heavy (non-hydrogen) atoms. The van der Waals surface area contributed by atoms with E-state index in [4.69, 9.17) is 21.5 Å². The third-order valence-electron chi connectivity index (χ3n) is 3.61. The number of hydrogen-bond acceptors (Lipinski definition) is 5. The fourth-order valence-corrected chi connectivity index (χ4v) is 3.06. The minimum atomic E-state index is -3.87. The zero-order valence-electron chi connectivity index (χ0n) is 13.3. The van der Waals surface area contributed by atoms with Crippen LogP contribution in [0.15, 0.2) is 23.1 Å². The summed E-state index contributed by atoms with van der Waals surface area (Å²) in [7, 11) is -1.87. The van der Waals surface area contributed by atoms with E-state index in [0.717, 1.165) is 13.1 Å². The monoisotopic (exact) mass is 376 g/mol. The summed E-state index contributed by atoms with van der Waals surface area (Å²) in [4.78, 5) is 14.0. The summed E-state index contributed by atoms with van der Waals surface area (Å²) in [6.45, 7) is 3.37. The van der Waals surface area contributed by atoms with E-state index in [1.54, 1.807) is 0 Å². The van der Waals surface area contributed by atoms with Crippen LogP contribution in [0.25, 0.3) is 0 Å². The van der Waals surface area contributed by atoms with Crippen molar-refractivity contribution in [3.05, 3.63) is 23.2 Å². The lowest BCUT2D eigenvalue weighted by molar-refractivity contribution is 0.122. The molecule has 8 nitrogen and oxygen atoms in total. The first-order chi connectivity index (χ1) is 11.3. The molecule has 0 saturated carbocycles. The molecule has 1 saturated heterocycles. The van der Waals surface area contributed by atoms with Crippen LogP contribution >= 0.6 is 11.6 Å². The molecule has 4 N–H and O–H groups in total. The maximum Gasteiger partial charge on any atom is 0.319 e. The highest BCUT2D eigenvalue weighted by atomic mass is 35.5. The highest BCUT2D eigenvalue weighted by Gasteiger charge is 2.17. The van der Waals surface area contributed by atoms with E-state index in [-0.39, 0.29) is 21.5 Å². The molecule has 0 aliphatic carbocycles. The highest BCUT2D eigenvalue weighted by Crippen LogP contribution is 2.24. The summed E-state index contributed by atoms with van der Waals surface area (Å²) in [6.07, 6.45) is 0. The van der Waals surface area contributed by atoms with Gasteiger partial charge in [0.15, 0.2) is 0 Å². The van der Waals surface area contributed by atoms with Gasteiger partial charge in [0.1, 0.15) is 0 Å². The van der Waals surface area contributed by atoms with Crippen LogP contribution in [0.3, 0.4) is 0 Å². The van der Waals surface area contributed by atoms with Crippen LogP contribution in [0.2, 0.25) is 5.02 Å². The summed E-state index contributed by atoms with van der Waals surface area (Å²) in [5, 5.41) is 10.6. The molecule has 134 valence electrons. The van der Waals surface area contributed by atoms with Crippen LogP contribution in [0.4, 0.5) is 10.5 Å². The average molecular weight is 377 g/mol. The fraction of sp³-hybridized carbons (Fsp3) is 0.500. The Labute approximate surface area is 146 Å². The van der Waals surface area contributed by atoms with Gasteiger partial charge in [0.2, 0.25) is 10.0 Å². The first-order valence-corrected chi connectivity index (χ1v) is 9.31. The molecule has 1 aromatic carbocycles. The third-order valence-corrected chi connectivity index (χ3v) is 4.85. The molecule has 0 unspecified atom stereocenters. The van der Waals surface area contributed by atoms with E-state index in [9.17, 15) is 13.2 Å². The predicted molar refractivity (Wildman–Crippen MR) is 91.7 cm³/mol. The second-order valence-corrected chi connectivity index (χ2v) is 7.69. The molecule has 1 aromatic rings. The van der Waals surface area contributed by atoms with Gasteiger partial charge in [-0.2, -0.15) is 0 Å². The maximum absolute atomic E-state index is 12.0. The summed E-state index contributed by atoms with van der Waals surface area (Å²) in [5.41, 5.74) is 0.176. The normalized spacial score (nSPS) is 19.5. The van der Waals surface area contributed by atoms with Crippen molar-refractivity contribution in [3.63, 3.8) is 0 Å². The van der Waals surface area contributed by atoms with Crippen LogP contribution in [-0.4, -0.2) is 59.2 Å². The molecular weight excluding hydrogens is 356 g/mol. The third kappa shape index (κ3) is 5.60. The Bertz CT molecular complexity index is 698. The quantitative estimate of drug-likeness (QED) is 0.715. The molecule has 1 atom stereocenters. The number of urea groups is 1. The molecule has 1 aliphatic heterocycles. The number of nitrogens with zero attached hydrogens (tertiary/aromatic N) is 1. The number of sulfonamides is 1. The molecule has 2 amide bonds. The molecule has 0 radical (unpaired) electrons. The molecule has 0 bridgehead atoms. The summed E-state index contributed by atoms with van der Waals surface area (Å²) in [6, 6.07) is 3.39. The van der Waals surface area contributed by atoms with Crippen molar-refractivity contribution >= 4 is 33.3 Å². The van der Waals surface area contributed by atoms with Gasteiger partial charge < -0.3 is 20.3 Å². The zero-order valence-corrected chi connectivity index (χ0v) is 14.9. The van der Waals surface area contributed by atoms with Gasteiger partial charge in [0.05, 0.1) is 28.8 Å². The number of amides is 2. The SMILES string of the molecule is CN1CCOC[C@H](CNC(=O)Nc2cc(S(N)(=O)=O)ccc2Cl)C1. The Hall–Kier alpha value is -1.39. The van der Waals surface area contributed by atoms with Crippen molar-refractivity contribution in [2.24, 2.45) is 11.1 Å². The number of nitrogens with one attached hydrogen (secondary N) is 2. The van der Waals surface area contributed by atoms with Crippen molar-refractivity contribution in [1.82, 2.24) is 10.2 Å². The standard InChI is InChI=1S/C14H21ClN4O4S/c1-19-4-5-23-9-10(8-19)7-17-14(20)18-13-6-11(24(16,21)22)2-3-12(13)15/h2-3,6,10H,4-5,7-9H2,1H3,(H2,16,21,22)(H2,17,18,20)/t10-/m1/s1. The summed E-state index contributed by atoms with van der Waals surface area (Å²) < 4.78 is 28.2. The maximum atomic E-state index is 12.0. The van der Waals surface area contributed by atoms with Gasteiger partial charge in [0, 0.05) is 25.6 Å². The topological polar surface area (TPSA) is 114 Å². The first-order valence-electron chi connectivity index (χ1n) is 7.39. The van der Waals surface area contributed by atoms with E-state index in [1.165, 1.54) is 18.2 Å². The number of benzene rings is 1. The second-order valence-electron chi connectivity index (χ2n) is 5.72. The number of carbonyl (C=O) groups is 1. The predicted octanol–water partition coefficient (Wildman–Crippen LogP) is 0.687. The largest absolute Gasteiger partial charge is 0.380 e. The van der Waals surface area contributed by atoms with Crippen LogP contribution < -0.4 is 15.8 Å². The fourth-order valence-electron chi connectivity index (χ4n) is 2.36. The highest BCUT2D eigenvalue weighted by molar-refractivity contribution is 7.89. The van der Waals surface area contributed by atoms with Gasteiger partial charge in [0.25, 0.3) is 0 Å². The molecule has 0 spiro atoms. The average Bonchev–Trinajstić information content (AvgIpc) is 2.70. The number of ether oxygens (including phenoxy) is 1. The Morgan fingerprint density at radius 1 is 1.50 bits per heavy atom. The Morgan fingerprint density at radius 3 is 2.96 bits per heavy atom. The Morgan fingerprint density at radius 2 is 2.25 bits per heavy atom. The van der Waals surface area contributed by atoms with Gasteiger partial charge >= 0.3 is 6.03 Å². The van der Waals surface area contributed by atoms with Crippen molar-refractivity contribution in [1.29, 1.82) is 0 Å². The van der Waals surface area contributed by atoms with Gasteiger partial charge in [-0.05, 0) is 25.2 Å². The van der Waals surface area contributed by atoms with Gasteiger partial charge in [-0.3, -0.25) is 0 Å². The van der Waals surface area contributed by atoms with Gasteiger partial charge in [-0.15, -0.1) is 0 Å². The molecule has 1 heterocycles. The van der Waals surface area contributed by atoms with E-state index in [0.29, 0.717) is 19.8 Å². The number of likely N-dealkylation sites (N-methyl/N-ethyl adjacent to an activating group) is 1. The van der Waals surface area contributed by atoms with Crippen LogP contribution in [0.5, 0.6) is 0 Å². The lowest BCUT2D eigenvalue weighted by atomic mass is 10.1. The van der Waals surface area contributed by atoms with E-state index in [2.05, 4.69) is 15.5 Å².